The summed E-state index contributed by atoms with van der Waals surface area (Å²) in [4.78, 5) is 24.9. The van der Waals surface area contributed by atoms with E-state index in [2.05, 4.69) is 5.32 Å². The Bertz CT molecular complexity index is 253. The number of amides is 2. The van der Waals surface area contributed by atoms with E-state index >= 15 is 0 Å². The van der Waals surface area contributed by atoms with Crippen molar-refractivity contribution in [1.29, 1.82) is 0 Å². The van der Waals surface area contributed by atoms with Crippen molar-refractivity contribution in [3.05, 3.63) is 0 Å². The van der Waals surface area contributed by atoms with E-state index in [4.69, 9.17) is 11.6 Å². The zero-order valence-corrected chi connectivity index (χ0v) is 11.0. The molecule has 0 aliphatic carbocycles. The number of halogens is 1. The van der Waals surface area contributed by atoms with Gasteiger partial charge < -0.3 is 10.2 Å². The van der Waals surface area contributed by atoms with Crippen LogP contribution in [0.1, 0.15) is 38.5 Å². The number of rotatable bonds is 6. The molecule has 0 atom stereocenters. The quantitative estimate of drug-likeness (QED) is 0.737. The number of likely N-dealkylation sites (tertiary alicyclic amines) is 1. The van der Waals surface area contributed by atoms with Gasteiger partial charge in [-0.25, -0.2) is 0 Å². The fraction of sp³-hybridized carbons (Fsp3) is 0.833. The van der Waals surface area contributed by atoms with Crippen LogP contribution in [0.2, 0.25) is 0 Å². The lowest BCUT2D eigenvalue weighted by molar-refractivity contribution is -0.132. The van der Waals surface area contributed by atoms with E-state index < -0.39 is 0 Å². The van der Waals surface area contributed by atoms with Crippen molar-refractivity contribution in [1.82, 2.24) is 10.2 Å². The molecule has 0 radical (unpaired) electrons. The standard InChI is InChI=1S/C12H21ClN2O2/c13-7-4-5-11(16)14-8-6-12(17)15-9-2-1-3-10-15/h1-10H2,(H,14,16). The summed E-state index contributed by atoms with van der Waals surface area (Å²) in [5.74, 6) is 0.638. The predicted molar refractivity (Wildman–Crippen MR) is 68.0 cm³/mol. The van der Waals surface area contributed by atoms with Gasteiger partial charge in [0.2, 0.25) is 11.8 Å². The molecule has 17 heavy (non-hydrogen) atoms. The summed E-state index contributed by atoms with van der Waals surface area (Å²) in [5, 5.41) is 2.74. The van der Waals surface area contributed by atoms with E-state index in [1.165, 1.54) is 6.42 Å². The number of hydrogen-bond donors (Lipinski definition) is 1. The lowest BCUT2D eigenvalue weighted by atomic mass is 10.1. The van der Waals surface area contributed by atoms with E-state index in [0.717, 1.165) is 25.9 Å². The van der Waals surface area contributed by atoms with Crippen LogP contribution in [0.3, 0.4) is 0 Å². The van der Waals surface area contributed by atoms with Crippen LogP contribution in [0, 0.1) is 0 Å². The van der Waals surface area contributed by atoms with Crippen LogP contribution >= 0.6 is 11.6 Å². The third-order valence-corrected chi connectivity index (χ3v) is 3.17. The molecule has 1 N–H and O–H groups in total. The van der Waals surface area contributed by atoms with Crippen LogP contribution < -0.4 is 5.32 Å². The van der Waals surface area contributed by atoms with Crippen molar-refractivity contribution in [3.63, 3.8) is 0 Å². The first-order valence-corrected chi connectivity index (χ1v) is 6.88. The minimum atomic E-state index is -0.0166. The van der Waals surface area contributed by atoms with Crippen molar-refractivity contribution >= 4 is 23.4 Å². The second-order valence-electron chi connectivity index (χ2n) is 4.33. The molecule has 4 nitrogen and oxygen atoms in total. The minimum Gasteiger partial charge on any atom is -0.356 e. The summed E-state index contributed by atoms with van der Waals surface area (Å²) in [6, 6.07) is 0. The van der Waals surface area contributed by atoms with Gasteiger partial charge in [-0.15, -0.1) is 11.6 Å². The molecule has 0 aromatic rings. The summed E-state index contributed by atoms with van der Waals surface area (Å²) in [5.41, 5.74) is 0. The van der Waals surface area contributed by atoms with Crippen LogP contribution in [-0.4, -0.2) is 42.2 Å². The molecule has 1 aliphatic heterocycles. The summed E-state index contributed by atoms with van der Waals surface area (Å²) in [6.45, 7) is 2.19. The molecule has 0 saturated carbocycles. The Hall–Kier alpha value is -0.770. The molecule has 0 aromatic carbocycles. The van der Waals surface area contributed by atoms with Crippen LogP contribution in [-0.2, 0) is 9.59 Å². The first kappa shape index (κ1) is 14.3. The molecule has 1 aliphatic rings. The highest BCUT2D eigenvalue weighted by molar-refractivity contribution is 6.17. The van der Waals surface area contributed by atoms with Crippen LogP contribution in [0.4, 0.5) is 0 Å². The van der Waals surface area contributed by atoms with Gasteiger partial charge in [0.25, 0.3) is 0 Å². The maximum absolute atomic E-state index is 11.7. The highest BCUT2D eigenvalue weighted by Crippen LogP contribution is 2.09. The zero-order chi connectivity index (χ0) is 12.5. The maximum Gasteiger partial charge on any atom is 0.224 e. The van der Waals surface area contributed by atoms with Gasteiger partial charge in [0, 0.05) is 38.4 Å². The van der Waals surface area contributed by atoms with E-state index in [1.807, 2.05) is 4.90 Å². The molecule has 0 aromatic heterocycles. The Labute approximate surface area is 108 Å². The van der Waals surface area contributed by atoms with Gasteiger partial charge in [0.1, 0.15) is 0 Å². The number of hydrogen-bond acceptors (Lipinski definition) is 2. The van der Waals surface area contributed by atoms with Gasteiger partial charge in [-0.3, -0.25) is 9.59 Å². The Kier molecular flexibility index (Phi) is 7.01. The highest BCUT2D eigenvalue weighted by Gasteiger charge is 2.15. The fourth-order valence-electron chi connectivity index (χ4n) is 1.93. The van der Waals surface area contributed by atoms with Crippen LogP contribution in [0.25, 0.3) is 0 Å². The predicted octanol–water partition coefficient (Wildman–Crippen LogP) is 1.52. The number of alkyl halides is 1. The third-order valence-electron chi connectivity index (χ3n) is 2.91. The number of nitrogens with zero attached hydrogens (tertiary/aromatic N) is 1. The summed E-state index contributed by atoms with van der Waals surface area (Å²) < 4.78 is 0. The average Bonchev–Trinajstić information content (AvgIpc) is 2.37. The Morgan fingerprint density at radius 3 is 2.47 bits per heavy atom. The largest absolute Gasteiger partial charge is 0.356 e. The molecule has 98 valence electrons. The molecule has 0 unspecified atom stereocenters. The number of carbonyl (C=O) groups is 2. The van der Waals surface area contributed by atoms with Gasteiger partial charge in [-0.2, -0.15) is 0 Å². The lowest BCUT2D eigenvalue weighted by Crippen LogP contribution is -2.37. The minimum absolute atomic E-state index is 0.0166. The van der Waals surface area contributed by atoms with Gasteiger partial charge in [0.05, 0.1) is 0 Å². The average molecular weight is 261 g/mol. The molecule has 0 bridgehead atoms. The van der Waals surface area contributed by atoms with Gasteiger partial charge in [-0.1, -0.05) is 0 Å². The van der Waals surface area contributed by atoms with Crippen molar-refractivity contribution < 1.29 is 9.59 Å². The fourth-order valence-corrected chi connectivity index (χ4v) is 2.06. The smallest absolute Gasteiger partial charge is 0.224 e. The first-order chi connectivity index (χ1) is 8.24. The Morgan fingerprint density at radius 2 is 1.82 bits per heavy atom. The Balaban J connectivity index is 2.08. The van der Waals surface area contributed by atoms with Crippen molar-refractivity contribution in [2.45, 2.75) is 38.5 Å². The van der Waals surface area contributed by atoms with Crippen molar-refractivity contribution in [2.24, 2.45) is 0 Å². The highest BCUT2D eigenvalue weighted by atomic mass is 35.5. The molecular weight excluding hydrogens is 240 g/mol. The van der Waals surface area contributed by atoms with Crippen LogP contribution in [0.5, 0.6) is 0 Å². The molecule has 1 fully saturated rings. The van der Waals surface area contributed by atoms with E-state index in [1.54, 1.807) is 0 Å². The molecule has 2 amide bonds. The first-order valence-electron chi connectivity index (χ1n) is 6.34. The van der Waals surface area contributed by atoms with Gasteiger partial charge in [-0.05, 0) is 25.7 Å². The molecule has 5 heteroatoms. The van der Waals surface area contributed by atoms with E-state index in [9.17, 15) is 9.59 Å². The zero-order valence-electron chi connectivity index (χ0n) is 10.2. The topological polar surface area (TPSA) is 49.4 Å². The molecule has 1 rings (SSSR count). The van der Waals surface area contributed by atoms with E-state index in [-0.39, 0.29) is 11.8 Å². The SMILES string of the molecule is O=C(CCCCl)NCCC(=O)N1CCCCC1. The number of carbonyl (C=O) groups excluding carboxylic acids is 2. The van der Waals surface area contributed by atoms with Crippen molar-refractivity contribution in [3.8, 4) is 0 Å². The van der Waals surface area contributed by atoms with Gasteiger partial charge >= 0.3 is 0 Å². The molecular formula is C12H21ClN2O2. The van der Waals surface area contributed by atoms with E-state index in [0.29, 0.717) is 31.7 Å². The monoisotopic (exact) mass is 260 g/mol. The second kappa shape index (κ2) is 8.34. The normalized spacial score (nSPS) is 15.7. The summed E-state index contributed by atoms with van der Waals surface area (Å²) in [6.07, 6.45) is 4.97. The van der Waals surface area contributed by atoms with Crippen LogP contribution in [0.15, 0.2) is 0 Å². The Morgan fingerprint density at radius 1 is 1.12 bits per heavy atom. The summed E-state index contributed by atoms with van der Waals surface area (Å²) >= 11 is 5.49. The molecule has 1 heterocycles. The summed E-state index contributed by atoms with van der Waals surface area (Å²) in [7, 11) is 0. The molecule has 1 saturated heterocycles. The number of nitrogens with one attached hydrogen (secondary N) is 1. The molecule has 0 spiro atoms. The van der Waals surface area contributed by atoms with Crippen molar-refractivity contribution in [2.75, 3.05) is 25.5 Å². The lowest BCUT2D eigenvalue weighted by Gasteiger charge is -2.26. The maximum atomic E-state index is 11.7. The van der Waals surface area contributed by atoms with Gasteiger partial charge in [0.15, 0.2) is 0 Å². The second-order valence-corrected chi connectivity index (χ2v) is 4.71. The third kappa shape index (κ3) is 5.91. The number of piperidine rings is 1.